The molecular formula is C13H26N2O4. The lowest BCUT2D eigenvalue weighted by molar-refractivity contribution is -0.137. The second-order valence-corrected chi connectivity index (χ2v) is 4.67. The van der Waals surface area contributed by atoms with Gasteiger partial charge < -0.3 is 20.1 Å². The first-order valence-corrected chi connectivity index (χ1v) is 6.77. The molecule has 1 atom stereocenters. The molecule has 0 saturated carbocycles. The molecule has 19 heavy (non-hydrogen) atoms. The van der Waals surface area contributed by atoms with E-state index in [1.807, 2.05) is 27.7 Å². The lowest BCUT2D eigenvalue weighted by Gasteiger charge is -2.26. The van der Waals surface area contributed by atoms with Gasteiger partial charge in [-0.2, -0.15) is 0 Å². The quantitative estimate of drug-likeness (QED) is 0.625. The first kappa shape index (κ1) is 17.7. The van der Waals surface area contributed by atoms with Crippen LogP contribution in [0.1, 0.15) is 34.1 Å². The summed E-state index contributed by atoms with van der Waals surface area (Å²) < 4.78 is 5.22. The number of carboxylic acids is 1. The number of carbonyl (C=O) groups excluding carboxylic acids is 1. The Labute approximate surface area is 115 Å². The third kappa shape index (κ3) is 7.66. The lowest BCUT2D eigenvalue weighted by Crippen LogP contribution is -2.48. The normalized spacial score (nSPS) is 12.3. The van der Waals surface area contributed by atoms with E-state index >= 15 is 0 Å². The van der Waals surface area contributed by atoms with Crippen molar-refractivity contribution in [3.8, 4) is 0 Å². The van der Waals surface area contributed by atoms with Crippen LogP contribution in [0.5, 0.6) is 0 Å². The Morgan fingerprint density at radius 1 is 1.32 bits per heavy atom. The molecule has 0 fully saturated rings. The minimum atomic E-state index is -0.906. The van der Waals surface area contributed by atoms with Crippen molar-refractivity contribution in [2.45, 2.75) is 40.2 Å². The summed E-state index contributed by atoms with van der Waals surface area (Å²) in [5, 5.41) is 11.6. The number of amides is 2. The Morgan fingerprint density at radius 3 is 2.37 bits per heavy atom. The summed E-state index contributed by atoms with van der Waals surface area (Å²) in [6, 6.07) is -0.590. The highest BCUT2D eigenvalue weighted by Crippen LogP contribution is 2.07. The predicted molar refractivity (Wildman–Crippen MR) is 73.2 cm³/mol. The molecule has 0 aliphatic heterocycles. The number of rotatable bonds is 9. The predicted octanol–water partition coefficient (Wildman–Crippen LogP) is 1.55. The highest BCUT2D eigenvalue weighted by molar-refractivity contribution is 5.76. The van der Waals surface area contributed by atoms with Crippen molar-refractivity contribution in [2.24, 2.45) is 5.92 Å². The van der Waals surface area contributed by atoms with E-state index in [1.165, 1.54) is 0 Å². The Bertz CT molecular complexity index is 282. The van der Waals surface area contributed by atoms with Crippen LogP contribution in [0, 0.1) is 5.92 Å². The van der Waals surface area contributed by atoms with Gasteiger partial charge in [-0.3, -0.25) is 4.79 Å². The molecule has 0 spiro atoms. The summed E-state index contributed by atoms with van der Waals surface area (Å²) in [6.45, 7) is 9.75. The van der Waals surface area contributed by atoms with Crippen LogP contribution in [0.3, 0.4) is 0 Å². The molecule has 0 bridgehead atoms. The highest BCUT2D eigenvalue weighted by atomic mass is 16.5. The summed E-state index contributed by atoms with van der Waals surface area (Å²) in [5.74, 6) is -0.831. The fourth-order valence-electron chi connectivity index (χ4n) is 1.61. The van der Waals surface area contributed by atoms with Crippen molar-refractivity contribution in [3.63, 3.8) is 0 Å². The zero-order valence-electron chi connectivity index (χ0n) is 12.3. The Balaban J connectivity index is 4.37. The molecule has 6 heteroatoms. The number of aliphatic carboxylic acids is 1. The number of nitrogens with one attached hydrogen (secondary N) is 1. The SMILES string of the molecule is CCOCCN(CC)C(=O)NC(CC(=O)O)C(C)C. The molecule has 0 heterocycles. The van der Waals surface area contributed by atoms with E-state index in [0.717, 1.165) is 0 Å². The smallest absolute Gasteiger partial charge is 0.317 e. The molecule has 0 saturated heterocycles. The van der Waals surface area contributed by atoms with Crippen molar-refractivity contribution in [1.29, 1.82) is 0 Å². The molecule has 0 aromatic rings. The molecule has 1 unspecified atom stereocenters. The van der Waals surface area contributed by atoms with Gasteiger partial charge in [-0.1, -0.05) is 13.8 Å². The van der Waals surface area contributed by atoms with E-state index in [0.29, 0.717) is 26.3 Å². The van der Waals surface area contributed by atoms with E-state index in [2.05, 4.69) is 5.32 Å². The van der Waals surface area contributed by atoms with Gasteiger partial charge in [0.05, 0.1) is 13.0 Å². The number of hydrogen-bond donors (Lipinski definition) is 2. The monoisotopic (exact) mass is 274 g/mol. The van der Waals surface area contributed by atoms with Gasteiger partial charge >= 0.3 is 12.0 Å². The van der Waals surface area contributed by atoms with Crippen LogP contribution in [0.2, 0.25) is 0 Å². The molecule has 6 nitrogen and oxygen atoms in total. The Hall–Kier alpha value is -1.30. The molecule has 0 aromatic heterocycles. The summed E-state index contributed by atoms with van der Waals surface area (Å²) >= 11 is 0. The zero-order chi connectivity index (χ0) is 14.8. The third-order valence-corrected chi connectivity index (χ3v) is 2.89. The first-order valence-electron chi connectivity index (χ1n) is 6.77. The lowest BCUT2D eigenvalue weighted by atomic mass is 10.0. The second kappa shape index (κ2) is 9.61. The number of likely N-dealkylation sites (N-methyl/N-ethyl adjacent to an activating group) is 1. The average Bonchev–Trinajstić information content (AvgIpc) is 2.33. The van der Waals surface area contributed by atoms with Gasteiger partial charge in [0.1, 0.15) is 0 Å². The van der Waals surface area contributed by atoms with Crippen molar-refractivity contribution >= 4 is 12.0 Å². The van der Waals surface area contributed by atoms with Crippen LogP contribution in [0.25, 0.3) is 0 Å². The average molecular weight is 274 g/mol. The Kier molecular flexibility index (Phi) is 8.95. The van der Waals surface area contributed by atoms with Crippen molar-refractivity contribution in [1.82, 2.24) is 10.2 Å². The van der Waals surface area contributed by atoms with E-state index in [9.17, 15) is 9.59 Å². The Morgan fingerprint density at radius 2 is 1.95 bits per heavy atom. The summed E-state index contributed by atoms with van der Waals surface area (Å²) in [7, 11) is 0. The fraction of sp³-hybridized carbons (Fsp3) is 0.846. The van der Waals surface area contributed by atoms with Gasteiger partial charge in [-0.15, -0.1) is 0 Å². The topological polar surface area (TPSA) is 78.9 Å². The van der Waals surface area contributed by atoms with Crippen LogP contribution in [-0.2, 0) is 9.53 Å². The minimum absolute atomic E-state index is 0.0631. The van der Waals surface area contributed by atoms with Crippen LogP contribution in [0.4, 0.5) is 4.79 Å². The molecule has 0 aromatic carbocycles. The van der Waals surface area contributed by atoms with Crippen LogP contribution >= 0.6 is 0 Å². The van der Waals surface area contributed by atoms with E-state index in [1.54, 1.807) is 4.90 Å². The zero-order valence-corrected chi connectivity index (χ0v) is 12.3. The van der Waals surface area contributed by atoms with Crippen molar-refractivity contribution in [2.75, 3.05) is 26.3 Å². The number of ether oxygens (including phenoxy) is 1. The van der Waals surface area contributed by atoms with Gasteiger partial charge in [0, 0.05) is 25.7 Å². The maximum Gasteiger partial charge on any atom is 0.317 e. The second-order valence-electron chi connectivity index (χ2n) is 4.67. The fourth-order valence-corrected chi connectivity index (χ4v) is 1.61. The van der Waals surface area contributed by atoms with Gasteiger partial charge in [0.15, 0.2) is 0 Å². The number of hydrogen-bond acceptors (Lipinski definition) is 3. The molecule has 0 rings (SSSR count). The maximum atomic E-state index is 12.0. The third-order valence-electron chi connectivity index (χ3n) is 2.89. The largest absolute Gasteiger partial charge is 0.481 e. The summed E-state index contributed by atoms with van der Waals surface area (Å²) in [6.07, 6.45) is -0.0631. The van der Waals surface area contributed by atoms with Gasteiger partial charge in [0.2, 0.25) is 0 Å². The molecule has 112 valence electrons. The molecule has 2 amide bonds. The summed E-state index contributed by atoms with van der Waals surface area (Å²) in [5.41, 5.74) is 0. The van der Waals surface area contributed by atoms with E-state index in [4.69, 9.17) is 9.84 Å². The number of urea groups is 1. The van der Waals surface area contributed by atoms with Gasteiger partial charge in [-0.25, -0.2) is 4.79 Å². The molecule has 0 aliphatic carbocycles. The van der Waals surface area contributed by atoms with Crippen LogP contribution in [0.15, 0.2) is 0 Å². The van der Waals surface area contributed by atoms with E-state index < -0.39 is 5.97 Å². The van der Waals surface area contributed by atoms with Crippen molar-refractivity contribution in [3.05, 3.63) is 0 Å². The number of carbonyl (C=O) groups is 2. The standard InChI is InChI=1S/C13H26N2O4/c1-5-15(7-8-19-6-2)13(18)14-11(10(3)4)9-12(16)17/h10-11H,5-9H2,1-4H3,(H,14,18)(H,16,17). The molecule has 0 radical (unpaired) electrons. The first-order chi connectivity index (χ1) is 8.92. The highest BCUT2D eigenvalue weighted by Gasteiger charge is 2.21. The van der Waals surface area contributed by atoms with E-state index in [-0.39, 0.29) is 24.4 Å². The van der Waals surface area contributed by atoms with Crippen LogP contribution < -0.4 is 5.32 Å². The molecular weight excluding hydrogens is 248 g/mol. The van der Waals surface area contributed by atoms with Crippen LogP contribution in [-0.4, -0.2) is 54.4 Å². The number of nitrogens with zero attached hydrogens (tertiary/aromatic N) is 1. The summed E-state index contributed by atoms with van der Waals surface area (Å²) in [4.78, 5) is 24.4. The van der Waals surface area contributed by atoms with Gasteiger partial charge in [0.25, 0.3) is 0 Å². The van der Waals surface area contributed by atoms with Crippen molar-refractivity contribution < 1.29 is 19.4 Å². The van der Waals surface area contributed by atoms with Gasteiger partial charge in [-0.05, 0) is 19.8 Å². The number of carboxylic acid groups (broad SMARTS) is 1. The maximum absolute atomic E-state index is 12.0. The molecule has 2 N–H and O–H groups in total. The molecule has 0 aliphatic rings. The minimum Gasteiger partial charge on any atom is -0.481 e.